The van der Waals surface area contributed by atoms with E-state index in [1.165, 1.54) is 12.1 Å². The number of amides is 2. The van der Waals surface area contributed by atoms with E-state index < -0.39 is 33.6 Å². The molecule has 1 unspecified atom stereocenters. The molecule has 8 nitrogen and oxygen atoms in total. The second-order valence-electron chi connectivity index (χ2n) is 7.19. The number of aryl methyl sites for hydroxylation is 1. The summed E-state index contributed by atoms with van der Waals surface area (Å²) < 4.78 is 37.0. The highest BCUT2D eigenvalue weighted by molar-refractivity contribution is 7.91. The van der Waals surface area contributed by atoms with E-state index in [4.69, 9.17) is 9.47 Å². The van der Waals surface area contributed by atoms with Gasteiger partial charge in [0, 0.05) is 11.3 Å². The third kappa shape index (κ3) is 5.11. The third-order valence-electron chi connectivity index (χ3n) is 4.89. The molecule has 9 heteroatoms. The molecule has 0 fully saturated rings. The number of urea groups is 1. The molecule has 1 aliphatic rings. The summed E-state index contributed by atoms with van der Waals surface area (Å²) in [6, 6.07) is 11.8. The lowest BCUT2D eigenvalue weighted by atomic mass is 9.95. The number of sulfone groups is 1. The molecule has 0 aromatic heterocycles. The summed E-state index contributed by atoms with van der Waals surface area (Å²) in [6.45, 7) is 5.79. The molecule has 3 rings (SSSR count). The first kappa shape index (κ1) is 23.3. The minimum atomic E-state index is -3.85. The van der Waals surface area contributed by atoms with Crippen molar-refractivity contribution in [2.24, 2.45) is 0 Å². The highest BCUT2D eigenvalue weighted by atomic mass is 32.2. The summed E-state index contributed by atoms with van der Waals surface area (Å²) in [5.41, 5.74) is 1.44. The van der Waals surface area contributed by atoms with Gasteiger partial charge in [0.05, 0.1) is 35.5 Å². The quantitative estimate of drug-likeness (QED) is 0.589. The van der Waals surface area contributed by atoms with Gasteiger partial charge in [0.2, 0.25) is 0 Å². The van der Waals surface area contributed by atoms with Crippen LogP contribution in [0, 0.1) is 6.92 Å². The molecule has 2 aromatic rings. The first-order valence-corrected chi connectivity index (χ1v) is 11.9. The molecule has 32 heavy (non-hydrogen) atoms. The number of para-hydroxylation sites is 1. The van der Waals surface area contributed by atoms with E-state index in [9.17, 15) is 18.0 Å². The van der Waals surface area contributed by atoms with Crippen LogP contribution < -0.4 is 15.4 Å². The topological polar surface area (TPSA) is 111 Å². The highest BCUT2D eigenvalue weighted by Gasteiger charge is 2.37. The van der Waals surface area contributed by atoms with Crippen LogP contribution in [0.15, 0.2) is 64.7 Å². The van der Waals surface area contributed by atoms with Crippen molar-refractivity contribution in [3.05, 3.63) is 70.9 Å². The van der Waals surface area contributed by atoms with Crippen LogP contribution in [0.25, 0.3) is 0 Å². The maximum absolute atomic E-state index is 13.1. The van der Waals surface area contributed by atoms with Crippen LogP contribution in [0.3, 0.4) is 0 Å². The largest absolute Gasteiger partial charge is 0.494 e. The summed E-state index contributed by atoms with van der Waals surface area (Å²) in [5, 5.41) is 5.20. The van der Waals surface area contributed by atoms with E-state index in [1.807, 2.05) is 13.8 Å². The van der Waals surface area contributed by atoms with E-state index in [0.717, 1.165) is 5.56 Å². The monoisotopic (exact) mass is 458 g/mol. The van der Waals surface area contributed by atoms with Crippen LogP contribution in [0.5, 0.6) is 5.75 Å². The fraction of sp³-hybridized carbons (Fsp3) is 0.304. The minimum absolute atomic E-state index is 0.0225. The Morgan fingerprint density at radius 1 is 1.03 bits per heavy atom. The van der Waals surface area contributed by atoms with E-state index in [0.29, 0.717) is 17.9 Å². The first-order chi connectivity index (χ1) is 15.3. The van der Waals surface area contributed by atoms with Gasteiger partial charge in [-0.1, -0.05) is 35.9 Å². The molecular weight excluding hydrogens is 432 g/mol. The van der Waals surface area contributed by atoms with Gasteiger partial charge in [-0.2, -0.15) is 0 Å². The number of nitrogens with one attached hydrogen (secondary N) is 2. The molecule has 0 aliphatic carbocycles. The zero-order valence-corrected chi connectivity index (χ0v) is 19.0. The standard InChI is InChI=1S/C23H26N2O6S/c1-4-30-19-9-7-6-8-17(19)21-20(22(26)31-5-2)18(24-23(27)25-21)14-32(28,29)16-12-10-15(3)11-13-16/h6-13,21H,4-5,14H2,1-3H3,(H2,24,25,27). The van der Waals surface area contributed by atoms with Crippen molar-refractivity contribution in [2.75, 3.05) is 19.0 Å². The van der Waals surface area contributed by atoms with Crippen LogP contribution in [0.2, 0.25) is 0 Å². The number of hydrogen-bond donors (Lipinski definition) is 2. The summed E-state index contributed by atoms with van der Waals surface area (Å²) in [4.78, 5) is 25.5. The third-order valence-corrected chi connectivity index (χ3v) is 6.55. The molecule has 1 aliphatic heterocycles. The molecule has 2 N–H and O–H groups in total. The maximum atomic E-state index is 13.1. The molecular formula is C23H26N2O6S. The van der Waals surface area contributed by atoms with Gasteiger partial charge in [0.15, 0.2) is 9.84 Å². The van der Waals surface area contributed by atoms with Gasteiger partial charge in [-0.3, -0.25) is 0 Å². The predicted octanol–water partition coefficient (Wildman–Crippen LogP) is 3.04. The molecule has 1 heterocycles. The van der Waals surface area contributed by atoms with Gasteiger partial charge >= 0.3 is 12.0 Å². The number of ether oxygens (including phenoxy) is 2. The molecule has 0 radical (unpaired) electrons. The van der Waals surface area contributed by atoms with Gasteiger partial charge in [0.1, 0.15) is 5.75 Å². The molecule has 2 aromatic carbocycles. The molecule has 0 saturated carbocycles. The second-order valence-corrected chi connectivity index (χ2v) is 9.18. The average molecular weight is 459 g/mol. The van der Waals surface area contributed by atoms with Crippen molar-refractivity contribution in [3.8, 4) is 5.75 Å². The highest BCUT2D eigenvalue weighted by Crippen LogP contribution is 2.34. The van der Waals surface area contributed by atoms with Crippen molar-refractivity contribution >= 4 is 21.8 Å². The molecule has 0 saturated heterocycles. The van der Waals surface area contributed by atoms with Crippen molar-refractivity contribution in [2.45, 2.75) is 31.7 Å². The predicted molar refractivity (Wildman–Crippen MR) is 119 cm³/mol. The number of carbonyl (C=O) groups excluding carboxylic acids is 2. The van der Waals surface area contributed by atoms with Crippen LogP contribution >= 0.6 is 0 Å². The summed E-state index contributed by atoms with van der Waals surface area (Å²) in [5.74, 6) is -0.805. The van der Waals surface area contributed by atoms with Gasteiger partial charge in [0.25, 0.3) is 0 Å². The fourth-order valence-electron chi connectivity index (χ4n) is 3.44. The van der Waals surface area contributed by atoms with Gasteiger partial charge < -0.3 is 20.1 Å². The van der Waals surface area contributed by atoms with E-state index in [-0.39, 0.29) is 22.8 Å². The van der Waals surface area contributed by atoms with Crippen molar-refractivity contribution in [1.82, 2.24) is 10.6 Å². The average Bonchev–Trinajstić information content (AvgIpc) is 2.74. The lowest BCUT2D eigenvalue weighted by molar-refractivity contribution is -0.139. The van der Waals surface area contributed by atoms with E-state index >= 15 is 0 Å². The van der Waals surface area contributed by atoms with Crippen LogP contribution in [-0.4, -0.2) is 39.4 Å². The smallest absolute Gasteiger partial charge is 0.338 e. The number of carbonyl (C=O) groups is 2. The first-order valence-electron chi connectivity index (χ1n) is 10.3. The van der Waals surface area contributed by atoms with Crippen LogP contribution in [-0.2, 0) is 19.4 Å². The van der Waals surface area contributed by atoms with Crippen molar-refractivity contribution < 1.29 is 27.5 Å². The molecule has 1 atom stereocenters. The zero-order chi connectivity index (χ0) is 23.3. The van der Waals surface area contributed by atoms with Crippen molar-refractivity contribution in [1.29, 1.82) is 0 Å². The second kappa shape index (κ2) is 9.86. The number of benzene rings is 2. The van der Waals surface area contributed by atoms with Gasteiger partial charge in [-0.05, 0) is 39.0 Å². The maximum Gasteiger partial charge on any atom is 0.338 e. The molecule has 0 bridgehead atoms. The Morgan fingerprint density at radius 3 is 2.38 bits per heavy atom. The Bertz CT molecular complexity index is 1140. The number of rotatable bonds is 8. The number of esters is 1. The lowest BCUT2D eigenvalue weighted by Gasteiger charge is -2.30. The summed E-state index contributed by atoms with van der Waals surface area (Å²) >= 11 is 0. The van der Waals surface area contributed by atoms with E-state index in [1.54, 1.807) is 43.3 Å². The number of hydrogen-bond acceptors (Lipinski definition) is 6. The Hall–Kier alpha value is -3.33. The lowest BCUT2D eigenvalue weighted by Crippen LogP contribution is -2.47. The molecule has 2 amide bonds. The minimum Gasteiger partial charge on any atom is -0.494 e. The Balaban J connectivity index is 2.12. The van der Waals surface area contributed by atoms with Crippen LogP contribution in [0.1, 0.15) is 31.0 Å². The van der Waals surface area contributed by atoms with Gasteiger partial charge in [-0.25, -0.2) is 18.0 Å². The van der Waals surface area contributed by atoms with Crippen molar-refractivity contribution in [3.63, 3.8) is 0 Å². The fourth-order valence-corrected chi connectivity index (χ4v) is 4.76. The zero-order valence-electron chi connectivity index (χ0n) is 18.2. The summed E-state index contributed by atoms with van der Waals surface area (Å²) in [6.07, 6.45) is 0. The normalized spacial score (nSPS) is 16.2. The van der Waals surface area contributed by atoms with Gasteiger partial charge in [-0.15, -0.1) is 0 Å². The molecule has 0 spiro atoms. The Labute approximate surface area is 187 Å². The van der Waals surface area contributed by atoms with E-state index in [2.05, 4.69) is 10.6 Å². The summed E-state index contributed by atoms with van der Waals surface area (Å²) in [7, 11) is -3.85. The van der Waals surface area contributed by atoms with Crippen LogP contribution in [0.4, 0.5) is 4.79 Å². The molecule has 170 valence electrons. The SMILES string of the molecule is CCOC(=O)C1=C(CS(=O)(=O)c2ccc(C)cc2)NC(=O)NC1c1ccccc1OCC. The Morgan fingerprint density at radius 2 is 1.72 bits per heavy atom. The Kier molecular flexibility index (Phi) is 7.19.